The second-order valence-electron chi connectivity index (χ2n) is 4.37. The number of rotatable bonds is 9. The molecule has 0 spiro atoms. The Morgan fingerprint density at radius 1 is 1.21 bits per heavy atom. The fourth-order valence-electron chi connectivity index (χ4n) is 1.05. The molecular weight excluding hydrogens is 271 g/mol. The summed E-state index contributed by atoms with van der Waals surface area (Å²) < 4.78 is 20.7. The minimum absolute atomic E-state index is 0.0606. The van der Waals surface area contributed by atoms with Gasteiger partial charge in [-0.25, -0.2) is 4.79 Å². The standard InChI is InChI=1S/C12H21O6P/c1-10(2)12(14)18-8-5-4-7-17-11(13)6-9-19(3,15)16/h1,4-9H2,2-3H3,(H,15,16). The van der Waals surface area contributed by atoms with Gasteiger partial charge in [0.25, 0.3) is 0 Å². The largest absolute Gasteiger partial charge is 0.466 e. The van der Waals surface area contributed by atoms with Crippen LogP contribution in [-0.2, 0) is 23.6 Å². The first-order valence-electron chi connectivity index (χ1n) is 6.00. The van der Waals surface area contributed by atoms with Gasteiger partial charge >= 0.3 is 11.9 Å². The van der Waals surface area contributed by atoms with Crippen molar-refractivity contribution in [3.05, 3.63) is 12.2 Å². The Hall–Kier alpha value is -1.13. The normalized spacial score (nSPS) is 13.4. The zero-order valence-corrected chi connectivity index (χ0v) is 12.3. The fraction of sp³-hybridized carbons (Fsp3) is 0.667. The average Bonchev–Trinajstić information content (AvgIpc) is 2.29. The van der Waals surface area contributed by atoms with Crippen LogP contribution in [0.2, 0.25) is 0 Å². The van der Waals surface area contributed by atoms with E-state index in [0.717, 1.165) is 0 Å². The van der Waals surface area contributed by atoms with Crippen molar-refractivity contribution in [2.45, 2.75) is 26.2 Å². The van der Waals surface area contributed by atoms with Crippen LogP contribution in [0, 0.1) is 0 Å². The molecule has 0 aliphatic carbocycles. The molecule has 0 aromatic heterocycles. The molecule has 0 heterocycles. The molecule has 0 saturated carbocycles. The van der Waals surface area contributed by atoms with Crippen LogP contribution in [0.5, 0.6) is 0 Å². The molecule has 0 saturated heterocycles. The van der Waals surface area contributed by atoms with Crippen molar-refractivity contribution in [1.29, 1.82) is 0 Å². The fourth-order valence-corrected chi connectivity index (χ4v) is 1.65. The van der Waals surface area contributed by atoms with Crippen LogP contribution in [0.15, 0.2) is 12.2 Å². The first-order valence-corrected chi connectivity index (χ1v) is 8.29. The molecule has 1 atom stereocenters. The van der Waals surface area contributed by atoms with Crippen LogP contribution in [0.1, 0.15) is 26.2 Å². The van der Waals surface area contributed by atoms with E-state index in [9.17, 15) is 14.2 Å². The van der Waals surface area contributed by atoms with E-state index in [1.165, 1.54) is 6.66 Å². The van der Waals surface area contributed by atoms with E-state index in [0.29, 0.717) is 18.4 Å². The molecule has 0 radical (unpaired) electrons. The van der Waals surface area contributed by atoms with Gasteiger partial charge in [0.2, 0.25) is 0 Å². The number of hydrogen-bond acceptors (Lipinski definition) is 5. The minimum Gasteiger partial charge on any atom is -0.466 e. The molecule has 1 unspecified atom stereocenters. The van der Waals surface area contributed by atoms with Gasteiger partial charge < -0.3 is 14.4 Å². The number of carbonyl (C=O) groups excluding carboxylic acids is 2. The van der Waals surface area contributed by atoms with Gasteiger partial charge in [-0.2, -0.15) is 0 Å². The lowest BCUT2D eigenvalue weighted by Crippen LogP contribution is -2.10. The number of carbonyl (C=O) groups is 2. The third-order valence-corrected chi connectivity index (χ3v) is 3.17. The Morgan fingerprint density at radius 3 is 2.21 bits per heavy atom. The van der Waals surface area contributed by atoms with Crippen LogP contribution in [0.3, 0.4) is 0 Å². The van der Waals surface area contributed by atoms with E-state index < -0.39 is 19.3 Å². The summed E-state index contributed by atoms with van der Waals surface area (Å²) in [6.45, 7) is 6.68. The second-order valence-corrected chi connectivity index (χ2v) is 6.92. The minimum atomic E-state index is -3.16. The molecule has 0 aliphatic rings. The Labute approximate surface area is 113 Å². The van der Waals surface area contributed by atoms with Crippen molar-refractivity contribution in [3.8, 4) is 0 Å². The van der Waals surface area contributed by atoms with Gasteiger partial charge in [-0.1, -0.05) is 6.58 Å². The van der Waals surface area contributed by atoms with Gasteiger partial charge in [0.1, 0.15) is 0 Å². The molecule has 110 valence electrons. The highest BCUT2D eigenvalue weighted by Gasteiger charge is 2.13. The Morgan fingerprint density at radius 2 is 1.74 bits per heavy atom. The molecule has 0 bridgehead atoms. The lowest BCUT2D eigenvalue weighted by Gasteiger charge is -2.07. The van der Waals surface area contributed by atoms with Crippen LogP contribution in [0.25, 0.3) is 0 Å². The van der Waals surface area contributed by atoms with Crippen LogP contribution in [-0.4, -0.2) is 42.9 Å². The molecule has 0 fully saturated rings. The summed E-state index contributed by atoms with van der Waals surface area (Å²) >= 11 is 0. The zero-order chi connectivity index (χ0) is 14.9. The molecular formula is C12H21O6P. The van der Waals surface area contributed by atoms with Crippen LogP contribution >= 0.6 is 7.37 Å². The van der Waals surface area contributed by atoms with E-state index in [4.69, 9.17) is 14.4 Å². The van der Waals surface area contributed by atoms with E-state index >= 15 is 0 Å². The maximum atomic E-state index is 11.2. The first-order chi connectivity index (χ1) is 8.72. The van der Waals surface area contributed by atoms with Crippen molar-refractivity contribution in [3.63, 3.8) is 0 Å². The Kier molecular flexibility index (Phi) is 8.35. The molecule has 19 heavy (non-hydrogen) atoms. The highest BCUT2D eigenvalue weighted by molar-refractivity contribution is 7.57. The van der Waals surface area contributed by atoms with Gasteiger partial charge in [0, 0.05) is 18.4 Å². The summed E-state index contributed by atoms with van der Waals surface area (Å²) in [6.07, 6.45) is 1.02. The monoisotopic (exact) mass is 292 g/mol. The van der Waals surface area contributed by atoms with E-state index in [-0.39, 0.29) is 25.8 Å². The molecule has 0 rings (SSSR count). The van der Waals surface area contributed by atoms with Gasteiger partial charge in [0.05, 0.1) is 19.6 Å². The summed E-state index contributed by atoms with van der Waals surface area (Å²) in [5.41, 5.74) is 0.347. The Balaban J connectivity index is 3.49. The summed E-state index contributed by atoms with van der Waals surface area (Å²) in [4.78, 5) is 31.2. The van der Waals surface area contributed by atoms with Crippen molar-refractivity contribution >= 4 is 19.3 Å². The molecule has 1 N–H and O–H groups in total. The molecule has 6 nitrogen and oxygen atoms in total. The van der Waals surface area contributed by atoms with Gasteiger partial charge in [-0.05, 0) is 19.8 Å². The van der Waals surface area contributed by atoms with Crippen molar-refractivity contribution in [2.75, 3.05) is 26.0 Å². The lowest BCUT2D eigenvalue weighted by atomic mass is 10.3. The van der Waals surface area contributed by atoms with E-state index in [2.05, 4.69) is 6.58 Å². The van der Waals surface area contributed by atoms with E-state index in [1.54, 1.807) is 6.92 Å². The second kappa shape index (κ2) is 8.88. The first kappa shape index (κ1) is 17.9. The zero-order valence-electron chi connectivity index (χ0n) is 11.4. The predicted octanol–water partition coefficient (Wildman–Crippen LogP) is 1.72. The van der Waals surface area contributed by atoms with Crippen molar-refractivity contribution < 1.29 is 28.5 Å². The topological polar surface area (TPSA) is 89.9 Å². The molecule has 0 aromatic carbocycles. The molecule has 0 amide bonds. The number of esters is 2. The quantitative estimate of drug-likeness (QED) is 0.301. The number of ether oxygens (including phenoxy) is 2. The summed E-state index contributed by atoms with van der Waals surface area (Å²) in [5, 5.41) is 0. The average molecular weight is 292 g/mol. The highest BCUT2D eigenvalue weighted by atomic mass is 31.2. The molecule has 7 heteroatoms. The summed E-state index contributed by atoms with van der Waals surface area (Å²) in [7, 11) is -3.16. The van der Waals surface area contributed by atoms with Gasteiger partial charge in [0.15, 0.2) is 7.37 Å². The third kappa shape index (κ3) is 11.7. The summed E-state index contributed by atoms with van der Waals surface area (Å²) in [5.74, 6) is -0.923. The third-order valence-electron chi connectivity index (χ3n) is 2.11. The van der Waals surface area contributed by atoms with Crippen LogP contribution in [0.4, 0.5) is 0 Å². The van der Waals surface area contributed by atoms with Gasteiger partial charge in [-0.15, -0.1) is 0 Å². The maximum Gasteiger partial charge on any atom is 0.333 e. The van der Waals surface area contributed by atoms with Crippen molar-refractivity contribution in [1.82, 2.24) is 0 Å². The molecule has 0 aliphatic heterocycles. The van der Waals surface area contributed by atoms with Crippen LogP contribution < -0.4 is 0 Å². The SMILES string of the molecule is C=C(C)C(=O)OCCCCOC(=O)CCP(C)(=O)O. The Bertz CT molecular complexity index is 370. The summed E-state index contributed by atoms with van der Waals surface area (Å²) in [6, 6.07) is 0. The molecule has 0 aromatic rings. The van der Waals surface area contributed by atoms with E-state index in [1.807, 2.05) is 0 Å². The smallest absolute Gasteiger partial charge is 0.333 e. The highest BCUT2D eigenvalue weighted by Crippen LogP contribution is 2.35. The predicted molar refractivity (Wildman–Crippen MR) is 71.2 cm³/mol. The number of unbranched alkanes of at least 4 members (excludes halogenated alkanes) is 1. The maximum absolute atomic E-state index is 11.2. The number of hydrogen-bond donors (Lipinski definition) is 1. The van der Waals surface area contributed by atoms with Gasteiger partial charge in [-0.3, -0.25) is 9.36 Å². The lowest BCUT2D eigenvalue weighted by molar-refractivity contribution is -0.144. The van der Waals surface area contributed by atoms with Crippen molar-refractivity contribution in [2.24, 2.45) is 0 Å².